The van der Waals surface area contributed by atoms with Crippen LogP contribution in [-0.4, -0.2) is 32.2 Å². The quantitative estimate of drug-likeness (QED) is 0.746. The van der Waals surface area contributed by atoms with Gasteiger partial charge in [0.05, 0.1) is 19.8 Å². The van der Waals surface area contributed by atoms with E-state index in [2.05, 4.69) is 5.32 Å². The van der Waals surface area contributed by atoms with E-state index in [-0.39, 0.29) is 18.0 Å². The van der Waals surface area contributed by atoms with E-state index in [1.165, 1.54) is 20.6 Å². The van der Waals surface area contributed by atoms with Gasteiger partial charge in [-0.1, -0.05) is 12.5 Å². The largest absolute Gasteiger partial charge is 0.496 e. The van der Waals surface area contributed by atoms with Crippen molar-refractivity contribution in [2.75, 3.05) is 19.5 Å². The summed E-state index contributed by atoms with van der Waals surface area (Å²) in [4.78, 5) is 25.0. The molecule has 1 N–H and O–H groups in total. The number of carbonyl (C=O) groups is 2. The summed E-state index contributed by atoms with van der Waals surface area (Å²) < 4.78 is 16.1. The summed E-state index contributed by atoms with van der Waals surface area (Å²) in [7, 11) is 3.00. The molecule has 0 radical (unpaired) electrons. The number of amides is 1. The molecule has 0 heterocycles. The molecule has 0 spiro atoms. The van der Waals surface area contributed by atoms with Crippen LogP contribution < -0.4 is 14.8 Å². The monoisotopic (exact) mass is 383 g/mol. The second-order valence-electron chi connectivity index (χ2n) is 6.73. The van der Waals surface area contributed by atoms with Crippen molar-refractivity contribution in [3.05, 3.63) is 53.6 Å². The van der Waals surface area contributed by atoms with Crippen molar-refractivity contribution in [3.63, 3.8) is 0 Å². The molecule has 0 aromatic heterocycles. The zero-order valence-electron chi connectivity index (χ0n) is 16.2. The number of ether oxygens (including phenoxy) is 3. The van der Waals surface area contributed by atoms with Crippen molar-refractivity contribution in [3.8, 4) is 11.5 Å². The van der Waals surface area contributed by atoms with Crippen LogP contribution in [0, 0.1) is 0 Å². The summed E-state index contributed by atoms with van der Waals surface area (Å²) in [6.45, 7) is 0. The predicted molar refractivity (Wildman–Crippen MR) is 106 cm³/mol. The van der Waals surface area contributed by atoms with Crippen molar-refractivity contribution < 1.29 is 23.8 Å². The Hall–Kier alpha value is -3.02. The zero-order valence-corrected chi connectivity index (χ0v) is 16.2. The lowest BCUT2D eigenvalue weighted by Crippen LogP contribution is -2.21. The minimum absolute atomic E-state index is 0.0126. The number of benzene rings is 2. The Bertz CT molecular complexity index is 803. The van der Waals surface area contributed by atoms with Crippen LogP contribution in [0.1, 0.15) is 52.8 Å². The third-order valence-corrected chi connectivity index (χ3v) is 4.86. The van der Waals surface area contributed by atoms with Gasteiger partial charge in [-0.2, -0.15) is 0 Å². The van der Waals surface area contributed by atoms with E-state index >= 15 is 0 Å². The van der Waals surface area contributed by atoms with Gasteiger partial charge in [-0.25, -0.2) is 4.79 Å². The van der Waals surface area contributed by atoms with Gasteiger partial charge in [0.15, 0.2) is 0 Å². The number of hydrogen-bond acceptors (Lipinski definition) is 5. The third-order valence-electron chi connectivity index (χ3n) is 4.86. The lowest BCUT2D eigenvalue weighted by Gasteiger charge is -2.21. The van der Waals surface area contributed by atoms with Crippen LogP contribution in [0.3, 0.4) is 0 Å². The van der Waals surface area contributed by atoms with Gasteiger partial charge in [0.2, 0.25) is 0 Å². The predicted octanol–water partition coefficient (Wildman–Crippen LogP) is 4.45. The number of esters is 1. The maximum atomic E-state index is 12.7. The highest BCUT2D eigenvalue weighted by Gasteiger charge is 2.20. The second-order valence-corrected chi connectivity index (χ2v) is 6.73. The van der Waals surface area contributed by atoms with E-state index in [0.717, 1.165) is 25.7 Å². The fraction of sp³-hybridized carbons (Fsp3) is 0.364. The molecular formula is C22H25NO5. The van der Waals surface area contributed by atoms with Gasteiger partial charge >= 0.3 is 5.97 Å². The summed E-state index contributed by atoms with van der Waals surface area (Å²) in [6, 6.07) is 11.8. The highest BCUT2D eigenvalue weighted by molar-refractivity contribution is 6.08. The van der Waals surface area contributed by atoms with E-state index in [4.69, 9.17) is 14.2 Å². The Morgan fingerprint density at radius 2 is 1.50 bits per heavy atom. The number of nitrogens with one attached hydrogen (secondary N) is 1. The SMILES string of the molecule is COc1cccc(OC)c1C(=O)Nc1ccc(C(=O)OC2CCCCC2)cc1. The molecule has 0 unspecified atom stereocenters. The van der Waals surface area contributed by atoms with Crippen LogP contribution in [0.5, 0.6) is 11.5 Å². The molecule has 6 nitrogen and oxygen atoms in total. The standard InChI is InChI=1S/C22H25NO5/c1-26-18-9-6-10-19(27-2)20(18)21(24)23-16-13-11-15(12-14-16)22(25)28-17-7-4-3-5-8-17/h6,9-14,17H,3-5,7-8H2,1-2H3,(H,23,24). The molecule has 2 aromatic rings. The molecule has 2 aromatic carbocycles. The minimum atomic E-state index is -0.355. The summed E-state index contributed by atoms with van der Waals surface area (Å²) >= 11 is 0. The number of methoxy groups -OCH3 is 2. The van der Waals surface area contributed by atoms with Crippen LogP contribution in [0.2, 0.25) is 0 Å². The van der Waals surface area contributed by atoms with Crippen molar-refractivity contribution in [1.82, 2.24) is 0 Å². The van der Waals surface area contributed by atoms with Crippen LogP contribution >= 0.6 is 0 Å². The smallest absolute Gasteiger partial charge is 0.338 e. The number of rotatable bonds is 6. The van der Waals surface area contributed by atoms with Crippen LogP contribution in [0.4, 0.5) is 5.69 Å². The average Bonchev–Trinajstić information content (AvgIpc) is 2.74. The van der Waals surface area contributed by atoms with Gasteiger partial charge in [0, 0.05) is 5.69 Å². The molecule has 1 amide bonds. The lowest BCUT2D eigenvalue weighted by atomic mass is 9.98. The van der Waals surface area contributed by atoms with Gasteiger partial charge in [0.1, 0.15) is 23.2 Å². The van der Waals surface area contributed by atoms with Crippen molar-refractivity contribution in [2.45, 2.75) is 38.2 Å². The van der Waals surface area contributed by atoms with Crippen molar-refractivity contribution in [2.24, 2.45) is 0 Å². The van der Waals surface area contributed by atoms with E-state index in [9.17, 15) is 9.59 Å². The van der Waals surface area contributed by atoms with Gasteiger partial charge < -0.3 is 19.5 Å². The molecular weight excluding hydrogens is 358 g/mol. The normalized spacial score (nSPS) is 14.2. The van der Waals surface area contributed by atoms with Crippen molar-refractivity contribution >= 4 is 17.6 Å². The fourth-order valence-corrected chi connectivity index (χ4v) is 3.36. The maximum Gasteiger partial charge on any atom is 0.338 e. The van der Waals surface area contributed by atoms with E-state index < -0.39 is 0 Å². The van der Waals surface area contributed by atoms with Gasteiger partial charge in [-0.05, 0) is 62.1 Å². The van der Waals surface area contributed by atoms with E-state index in [1.54, 1.807) is 42.5 Å². The molecule has 1 aliphatic rings. The van der Waals surface area contributed by atoms with Gasteiger partial charge in [-0.15, -0.1) is 0 Å². The van der Waals surface area contributed by atoms with Gasteiger partial charge in [-0.3, -0.25) is 4.79 Å². The molecule has 1 fully saturated rings. The fourth-order valence-electron chi connectivity index (χ4n) is 3.36. The molecule has 28 heavy (non-hydrogen) atoms. The lowest BCUT2D eigenvalue weighted by molar-refractivity contribution is 0.0211. The number of carbonyl (C=O) groups excluding carboxylic acids is 2. The molecule has 1 saturated carbocycles. The first-order valence-electron chi connectivity index (χ1n) is 9.45. The summed E-state index contributed by atoms with van der Waals surface area (Å²) in [5.74, 6) is 0.164. The van der Waals surface area contributed by atoms with Gasteiger partial charge in [0.25, 0.3) is 5.91 Å². The molecule has 0 bridgehead atoms. The Balaban J connectivity index is 1.67. The Morgan fingerprint density at radius 1 is 0.893 bits per heavy atom. The summed E-state index contributed by atoms with van der Waals surface area (Å²) in [6.07, 6.45) is 5.30. The van der Waals surface area contributed by atoms with Crippen LogP contribution in [-0.2, 0) is 4.74 Å². The molecule has 0 aliphatic heterocycles. The first-order chi connectivity index (χ1) is 13.6. The molecule has 148 valence electrons. The molecule has 6 heteroatoms. The highest BCUT2D eigenvalue weighted by atomic mass is 16.5. The van der Waals surface area contributed by atoms with Crippen molar-refractivity contribution in [1.29, 1.82) is 0 Å². The first kappa shape index (κ1) is 19.7. The molecule has 0 saturated heterocycles. The zero-order chi connectivity index (χ0) is 19.9. The highest BCUT2D eigenvalue weighted by Crippen LogP contribution is 2.29. The van der Waals surface area contributed by atoms with E-state index in [0.29, 0.717) is 28.3 Å². The Labute approximate surface area is 164 Å². The Morgan fingerprint density at radius 3 is 2.07 bits per heavy atom. The Kier molecular flexibility index (Phi) is 6.53. The molecule has 1 aliphatic carbocycles. The van der Waals surface area contributed by atoms with E-state index in [1.807, 2.05) is 0 Å². The summed E-state index contributed by atoms with van der Waals surface area (Å²) in [5.41, 5.74) is 1.35. The maximum absolute atomic E-state index is 12.7. The molecule has 0 atom stereocenters. The summed E-state index contributed by atoms with van der Waals surface area (Å²) in [5, 5.41) is 2.80. The third kappa shape index (κ3) is 4.63. The second kappa shape index (κ2) is 9.26. The number of anilines is 1. The average molecular weight is 383 g/mol. The van der Waals surface area contributed by atoms with Crippen LogP contribution in [0.15, 0.2) is 42.5 Å². The van der Waals surface area contributed by atoms with Crippen LogP contribution in [0.25, 0.3) is 0 Å². The number of hydrogen-bond donors (Lipinski definition) is 1. The topological polar surface area (TPSA) is 73.9 Å². The first-order valence-corrected chi connectivity index (χ1v) is 9.45. The molecule has 3 rings (SSSR count). The minimum Gasteiger partial charge on any atom is -0.496 e.